The molecule has 0 saturated heterocycles. The van der Waals surface area contributed by atoms with Crippen molar-refractivity contribution in [3.8, 4) is 0 Å². The predicted octanol–water partition coefficient (Wildman–Crippen LogP) is 4.20. The summed E-state index contributed by atoms with van der Waals surface area (Å²) in [4.78, 5) is 36.7. The number of ether oxygens (including phenoxy) is 1. The third kappa shape index (κ3) is 2.66. The maximum atomic E-state index is 12.9. The Kier molecular flexibility index (Phi) is 4.21. The van der Waals surface area contributed by atoms with Gasteiger partial charge in [-0.2, -0.15) is 0 Å². The number of rotatable bonds is 2. The number of hydrogen-bond acceptors (Lipinski definition) is 4. The average Bonchev–Trinajstić information content (AvgIpc) is 2.52. The molecule has 0 radical (unpaired) electrons. The number of allylic oxidation sites excluding steroid dienone is 6. The van der Waals surface area contributed by atoms with E-state index >= 15 is 0 Å². The largest absolute Gasteiger partial charge is 0.511 e. The second-order valence-electron chi connectivity index (χ2n) is 7.78. The molecule has 3 aliphatic carbocycles. The van der Waals surface area contributed by atoms with Crippen LogP contribution in [0, 0.1) is 17.3 Å². The van der Waals surface area contributed by atoms with Crippen LogP contribution < -0.4 is 0 Å². The van der Waals surface area contributed by atoms with Gasteiger partial charge in [0, 0.05) is 28.6 Å². The van der Waals surface area contributed by atoms with E-state index in [0.29, 0.717) is 41.7 Å². The summed E-state index contributed by atoms with van der Waals surface area (Å²) in [6.45, 7) is 7.78. The van der Waals surface area contributed by atoms with Gasteiger partial charge < -0.3 is 9.84 Å². The van der Waals surface area contributed by atoms with Crippen LogP contribution in [-0.4, -0.2) is 22.8 Å². The summed E-state index contributed by atoms with van der Waals surface area (Å²) in [6.07, 6.45) is 2.58. The first-order valence-corrected chi connectivity index (χ1v) is 8.81. The van der Waals surface area contributed by atoms with Crippen molar-refractivity contribution in [1.82, 2.24) is 0 Å². The molecule has 0 saturated carbocycles. The van der Waals surface area contributed by atoms with Crippen molar-refractivity contribution in [2.75, 3.05) is 0 Å². The Morgan fingerprint density at radius 2 is 2.00 bits per heavy atom. The van der Waals surface area contributed by atoms with Crippen molar-refractivity contribution in [3.63, 3.8) is 0 Å². The number of carbonyl (C=O) groups is 3. The van der Waals surface area contributed by atoms with Crippen LogP contribution in [-0.2, 0) is 14.3 Å². The maximum Gasteiger partial charge on any atom is 0.511 e. The lowest BCUT2D eigenvalue weighted by atomic mass is 9.55. The molecule has 0 heterocycles. The lowest BCUT2D eigenvalue weighted by Gasteiger charge is -2.48. The normalized spacial score (nSPS) is 29.5. The van der Waals surface area contributed by atoms with Gasteiger partial charge in [-0.3, -0.25) is 9.59 Å². The highest BCUT2D eigenvalue weighted by Crippen LogP contribution is 2.56. The van der Waals surface area contributed by atoms with Crippen molar-refractivity contribution in [2.45, 2.75) is 53.4 Å². The van der Waals surface area contributed by atoms with Crippen LogP contribution in [0.1, 0.15) is 53.4 Å². The summed E-state index contributed by atoms with van der Waals surface area (Å²) in [5, 5.41) is 8.92. The van der Waals surface area contributed by atoms with Gasteiger partial charge in [0.05, 0.1) is 0 Å². The monoisotopic (exact) mass is 344 g/mol. The van der Waals surface area contributed by atoms with E-state index in [2.05, 4.69) is 0 Å². The topological polar surface area (TPSA) is 80.7 Å². The van der Waals surface area contributed by atoms with Crippen LogP contribution >= 0.6 is 0 Å². The van der Waals surface area contributed by atoms with E-state index in [-0.39, 0.29) is 23.4 Å². The smallest absolute Gasteiger partial charge is 0.449 e. The molecule has 0 aromatic rings. The molecule has 0 bridgehead atoms. The van der Waals surface area contributed by atoms with Gasteiger partial charge in [0.2, 0.25) is 0 Å². The molecule has 2 unspecified atom stereocenters. The third-order valence-corrected chi connectivity index (χ3v) is 6.06. The molecule has 3 aliphatic rings. The van der Waals surface area contributed by atoms with E-state index in [1.54, 1.807) is 0 Å². The van der Waals surface area contributed by atoms with E-state index < -0.39 is 11.6 Å². The first kappa shape index (κ1) is 17.6. The third-order valence-electron chi connectivity index (χ3n) is 6.06. The van der Waals surface area contributed by atoms with Gasteiger partial charge in [0.25, 0.3) is 0 Å². The van der Waals surface area contributed by atoms with Gasteiger partial charge in [-0.1, -0.05) is 20.8 Å². The first-order chi connectivity index (χ1) is 11.7. The molecule has 25 heavy (non-hydrogen) atoms. The fourth-order valence-electron chi connectivity index (χ4n) is 4.79. The van der Waals surface area contributed by atoms with Crippen LogP contribution in [0.15, 0.2) is 34.1 Å². The zero-order chi connectivity index (χ0) is 18.5. The van der Waals surface area contributed by atoms with Crippen molar-refractivity contribution in [1.29, 1.82) is 0 Å². The molecular weight excluding hydrogens is 320 g/mol. The van der Waals surface area contributed by atoms with E-state index in [1.165, 1.54) is 6.08 Å². The van der Waals surface area contributed by atoms with Crippen LogP contribution in [0.2, 0.25) is 0 Å². The first-order valence-electron chi connectivity index (χ1n) is 8.81. The molecule has 0 aromatic heterocycles. The zero-order valence-electron chi connectivity index (χ0n) is 15.1. The second-order valence-corrected chi connectivity index (χ2v) is 7.78. The van der Waals surface area contributed by atoms with Crippen molar-refractivity contribution >= 4 is 17.7 Å². The van der Waals surface area contributed by atoms with E-state index in [1.807, 2.05) is 27.7 Å². The SMILES string of the molecule is CC1=C(OC(=O)O)CCC2(C)C3=C(CCC12)C(=O)C(C(C)C)=CC3=O. The molecule has 0 aliphatic heterocycles. The van der Waals surface area contributed by atoms with Crippen LogP contribution in [0.3, 0.4) is 0 Å². The minimum Gasteiger partial charge on any atom is -0.449 e. The Balaban J connectivity index is 2.05. The second kappa shape index (κ2) is 5.97. The summed E-state index contributed by atoms with van der Waals surface area (Å²) < 4.78 is 4.95. The quantitative estimate of drug-likeness (QED) is 0.600. The number of Topliss-reactive ketones (excluding diaryl/α,β-unsaturated/α-hetero) is 1. The van der Waals surface area contributed by atoms with Crippen LogP contribution in [0.4, 0.5) is 4.79 Å². The van der Waals surface area contributed by atoms with Crippen molar-refractivity contribution in [2.24, 2.45) is 17.3 Å². The summed E-state index contributed by atoms with van der Waals surface area (Å²) in [7, 11) is 0. The summed E-state index contributed by atoms with van der Waals surface area (Å²) in [5.41, 5.74) is 2.37. The molecule has 0 fully saturated rings. The molecule has 0 spiro atoms. The van der Waals surface area contributed by atoms with E-state index in [9.17, 15) is 14.4 Å². The van der Waals surface area contributed by atoms with E-state index in [0.717, 1.165) is 12.0 Å². The summed E-state index contributed by atoms with van der Waals surface area (Å²) in [5.74, 6) is 0.506. The molecule has 1 N–H and O–H groups in total. The number of ketones is 2. The van der Waals surface area contributed by atoms with Gasteiger partial charge in [-0.15, -0.1) is 0 Å². The fourth-order valence-corrected chi connectivity index (χ4v) is 4.79. The van der Waals surface area contributed by atoms with Crippen molar-refractivity contribution in [3.05, 3.63) is 34.1 Å². The molecular formula is C20H24O5. The minimum absolute atomic E-state index is 0.0125. The minimum atomic E-state index is -1.30. The predicted molar refractivity (Wildman–Crippen MR) is 91.8 cm³/mol. The summed E-state index contributed by atoms with van der Waals surface area (Å²) in [6, 6.07) is 0. The molecule has 0 aromatic carbocycles. The average molecular weight is 344 g/mol. The lowest BCUT2D eigenvalue weighted by Crippen LogP contribution is -2.43. The van der Waals surface area contributed by atoms with Gasteiger partial charge >= 0.3 is 6.16 Å². The van der Waals surface area contributed by atoms with Crippen molar-refractivity contribution < 1.29 is 24.2 Å². The Morgan fingerprint density at radius 3 is 2.60 bits per heavy atom. The van der Waals surface area contributed by atoms with Gasteiger partial charge in [0.1, 0.15) is 5.76 Å². The molecule has 134 valence electrons. The number of fused-ring (bicyclic) bond motifs is 2. The highest BCUT2D eigenvalue weighted by Gasteiger charge is 2.50. The van der Waals surface area contributed by atoms with Gasteiger partial charge in [0.15, 0.2) is 11.6 Å². The molecule has 2 atom stereocenters. The Morgan fingerprint density at radius 1 is 1.32 bits per heavy atom. The summed E-state index contributed by atoms with van der Waals surface area (Å²) >= 11 is 0. The standard InChI is InChI=1S/C20H24O5/c1-10(2)13-9-15(21)17-12(18(13)22)5-6-14-11(3)16(25-19(23)24)7-8-20(14,17)4/h9-10,14H,5-8H2,1-4H3,(H,23,24). The Bertz CT molecular complexity index is 765. The van der Waals surface area contributed by atoms with Crippen LogP contribution in [0.25, 0.3) is 0 Å². The number of carboxylic acid groups (broad SMARTS) is 1. The Hall–Kier alpha value is -2.17. The highest BCUT2D eigenvalue weighted by atomic mass is 16.7. The molecule has 5 nitrogen and oxygen atoms in total. The fraction of sp³-hybridized carbons (Fsp3) is 0.550. The van der Waals surface area contributed by atoms with Crippen LogP contribution in [0.5, 0.6) is 0 Å². The number of carbonyl (C=O) groups excluding carboxylic acids is 2. The zero-order valence-corrected chi connectivity index (χ0v) is 15.1. The van der Waals surface area contributed by atoms with Gasteiger partial charge in [-0.05, 0) is 49.7 Å². The molecule has 3 rings (SSSR count). The molecule has 5 heteroatoms. The highest BCUT2D eigenvalue weighted by molar-refractivity contribution is 6.23. The number of hydrogen-bond donors (Lipinski definition) is 1. The Labute approximate surface area is 147 Å². The van der Waals surface area contributed by atoms with E-state index in [4.69, 9.17) is 9.84 Å². The maximum absolute atomic E-state index is 12.9. The lowest BCUT2D eigenvalue weighted by molar-refractivity contribution is -0.118. The molecule has 0 amide bonds. The van der Waals surface area contributed by atoms with Gasteiger partial charge in [-0.25, -0.2) is 4.79 Å².